The van der Waals surface area contributed by atoms with E-state index in [9.17, 15) is 0 Å². The fraction of sp³-hybridized carbons (Fsp3) is 0.308. The maximum absolute atomic E-state index is 4.05. The minimum Gasteiger partial charge on any atom is -0.278 e. The van der Waals surface area contributed by atoms with Crippen LogP contribution in [0.15, 0.2) is 23.9 Å². The molecule has 0 aliphatic heterocycles. The van der Waals surface area contributed by atoms with Crippen molar-refractivity contribution in [2.24, 2.45) is 0 Å². The van der Waals surface area contributed by atoms with E-state index in [1.54, 1.807) is 0 Å². The number of aromatic nitrogens is 2. The van der Waals surface area contributed by atoms with Gasteiger partial charge in [0.15, 0.2) is 0 Å². The molecule has 0 unspecified atom stereocenters. The Morgan fingerprint density at radius 3 is 2.60 bits per heavy atom. The molecule has 78 valence electrons. The third kappa shape index (κ3) is 1.67. The van der Waals surface area contributed by atoms with E-state index in [0.29, 0.717) is 0 Å². The molecule has 1 N–H and O–H groups in total. The molecule has 0 fully saturated rings. The number of fused-ring (bicyclic) bond motifs is 1. The van der Waals surface area contributed by atoms with E-state index in [0.717, 1.165) is 5.52 Å². The summed E-state index contributed by atoms with van der Waals surface area (Å²) in [6.45, 7) is 8.60. The standard InChI is InChI=1S/C13H16N2/c1-8(2)10(4)12-6-13-11(5-9(12)3)7-14-15-13/h5-7H,1-4H3,(H,14,15). The van der Waals surface area contributed by atoms with Crippen molar-refractivity contribution in [2.75, 3.05) is 0 Å². The molecule has 0 radical (unpaired) electrons. The summed E-state index contributed by atoms with van der Waals surface area (Å²) in [4.78, 5) is 0. The molecule has 0 bridgehead atoms. The Hall–Kier alpha value is -1.57. The van der Waals surface area contributed by atoms with Crippen LogP contribution in [0.25, 0.3) is 16.5 Å². The second-order valence-corrected chi connectivity index (χ2v) is 4.25. The Bertz CT molecular complexity index is 528. The van der Waals surface area contributed by atoms with Crippen molar-refractivity contribution >= 4 is 16.5 Å². The summed E-state index contributed by atoms with van der Waals surface area (Å²) in [7, 11) is 0. The summed E-state index contributed by atoms with van der Waals surface area (Å²) in [6, 6.07) is 4.36. The summed E-state index contributed by atoms with van der Waals surface area (Å²) in [5.74, 6) is 0. The number of allylic oxidation sites excluding steroid dienone is 2. The number of benzene rings is 1. The van der Waals surface area contributed by atoms with Crippen molar-refractivity contribution in [2.45, 2.75) is 27.7 Å². The molecule has 2 nitrogen and oxygen atoms in total. The highest BCUT2D eigenvalue weighted by Gasteiger charge is 2.05. The molecule has 0 atom stereocenters. The molecule has 2 rings (SSSR count). The molecule has 1 heterocycles. The summed E-state index contributed by atoms with van der Waals surface area (Å²) in [5.41, 5.74) is 6.44. The van der Waals surface area contributed by atoms with Crippen LogP contribution < -0.4 is 0 Å². The predicted molar refractivity (Wildman–Crippen MR) is 64.8 cm³/mol. The van der Waals surface area contributed by atoms with E-state index in [1.807, 2.05) is 6.20 Å². The van der Waals surface area contributed by atoms with Gasteiger partial charge in [0, 0.05) is 5.39 Å². The molecule has 2 aromatic rings. The van der Waals surface area contributed by atoms with E-state index < -0.39 is 0 Å². The van der Waals surface area contributed by atoms with Crippen molar-refractivity contribution in [1.29, 1.82) is 0 Å². The monoisotopic (exact) mass is 200 g/mol. The lowest BCUT2D eigenvalue weighted by atomic mass is 9.97. The van der Waals surface area contributed by atoms with E-state index in [1.165, 1.54) is 27.7 Å². The van der Waals surface area contributed by atoms with Crippen molar-refractivity contribution in [1.82, 2.24) is 10.2 Å². The molecular formula is C13H16N2. The quantitative estimate of drug-likeness (QED) is 0.747. The minimum absolute atomic E-state index is 1.11. The van der Waals surface area contributed by atoms with Crippen LogP contribution in [0.5, 0.6) is 0 Å². The fourth-order valence-electron chi connectivity index (χ4n) is 1.78. The van der Waals surface area contributed by atoms with Crippen LogP contribution in [0.4, 0.5) is 0 Å². The highest BCUT2D eigenvalue weighted by molar-refractivity contribution is 5.84. The number of hydrogen-bond acceptors (Lipinski definition) is 1. The van der Waals surface area contributed by atoms with Crippen LogP contribution in [0.1, 0.15) is 31.9 Å². The molecule has 0 aliphatic rings. The average molecular weight is 200 g/mol. The van der Waals surface area contributed by atoms with E-state index in [-0.39, 0.29) is 0 Å². The molecule has 1 aromatic heterocycles. The Morgan fingerprint density at radius 2 is 1.93 bits per heavy atom. The highest BCUT2D eigenvalue weighted by atomic mass is 15.1. The van der Waals surface area contributed by atoms with Crippen molar-refractivity contribution < 1.29 is 0 Å². The first-order chi connectivity index (χ1) is 7.09. The minimum atomic E-state index is 1.11. The number of nitrogens with one attached hydrogen (secondary N) is 1. The lowest BCUT2D eigenvalue weighted by molar-refractivity contribution is 1.12. The maximum atomic E-state index is 4.05. The first-order valence-corrected chi connectivity index (χ1v) is 5.18. The first-order valence-electron chi connectivity index (χ1n) is 5.18. The van der Waals surface area contributed by atoms with Crippen molar-refractivity contribution in [3.63, 3.8) is 0 Å². The van der Waals surface area contributed by atoms with Gasteiger partial charge in [-0.3, -0.25) is 5.10 Å². The molecule has 1 aromatic carbocycles. The molecule has 0 saturated heterocycles. The van der Waals surface area contributed by atoms with Gasteiger partial charge in [0.25, 0.3) is 0 Å². The zero-order valence-electron chi connectivity index (χ0n) is 9.68. The number of aryl methyl sites for hydroxylation is 1. The van der Waals surface area contributed by atoms with Gasteiger partial charge in [-0.1, -0.05) is 5.57 Å². The molecule has 0 aliphatic carbocycles. The number of H-pyrrole nitrogens is 1. The molecule has 0 amide bonds. The number of rotatable bonds is 1. The second kappa shape index (κ2) is 3.54. The normalized spacial score (nSPS) is 10.7. The van der Waals surface area contributed by atoms with E-state index in [2.05, 4.69) is 50.0 Å². The van der Waals surface area contributed by atoms with Crippen molar-refractivity contribution in [3.05, 3.63) is 35.0 Å². The van der Waals surface area contributed by atoms with Gasteiger partial charge in [-0.05, 0) is 56.5 Å². The van der Waals surface area contributed by atoms with Crippen LogP contribution in [0.2, 0.25) is 0 Å². The van der Waals surface area contributed by atoms with Crippen molar-refractivity contribution in [3.8, 4) is 0 Å². The largest absolute Gasteiger partial charge is 0.278 e. The molecule has 0 saturated carbocycles. The molecule has 2 heteroatoms. The summed E-state index contributed by atoms with van der Waals surface area (Å²) in [6.07, 6.45) is 1.87. The summed E-state index contributed by atoms with van der Waals surface area (Å²) >= 11 is 0. The zero-order valence-corrected chi connectivity index (χ0v) is 9.68. The van der Waals surface area contributed by atoms with Gasteiger partial charge in [-0.15, -0.1) is 0 Å². The summed E-state index contributed by atoms with van der Waals surface area (Å²) < 4.78 is 0. The SMILES string of the molecule is CC(C)=C(C)c1cc2[nH]ncc2cc1C. The van der Waals surface area contributed by atoms with Gasteiger partial charge in [-0.2, -0.15) is 5.10 Å². The van der Waals surface area contributed by atoms with Gasteiger partial charge >= 0.3 is 0 Å². The Morgan fingerprint density at radius 1 is 1.20 bits per heavy atom. The zero-order chi connectivity index (χ0) is 11.0. The van der Waals surface area contributed by atoms with E-state index >= 15 is 0 Å². The van der Waals surface area contributed by atoms with E-state index in [4.69, 9.17) is 0 Å². The molecule has 0 spiro atoms. The average Bonchev–Trinajstić information content (AvgIpc) is 2.62. The van der Waals surface area contributed by atoms with Gasteiger partial charge in [0.1, 0.15) is 0 Å². The van der Waals surface area contributed by atoms with Crippen LogP contribution >= 0.6 is 0 Å². The molecular weight excluding hydrogens is 184 g/mol. The number of nitrogens with zero attached hydrogens (tertiary/aromatic N) is 1. The third-order valence-corrected chi connectivity index (χ3v) is 2.94. The Labute approximate surface area is 90.0 Å². The van der Waals surface area contributed by atoms with Gasteiger partial charge < -0.3 is 0 Å². The highest BCUT2D eigenvalue weighted by Crippen LogP contribution is 2.25. The third-order valence-electron chi connectivity index (χ3n) is 2.94. The lowest BCUT2D eigenvalue weighted by Crippen LogP contribution is -1.88. The topological polar surface area (TPSA) is 28.7 Å². The smallest absolute Gasteiger partial charge is 0.0656 e. The fourth-order valence-corrected chi connectivity index (χ4v) is 1.78. The van der Waals surface area contributed by atoms with Crippen LogP contribution in [-0.4, -0.2) is 10.2 Å². The van der Waals surface area contributed by atoms with Crippen LogP contribution in [0, 0.1) is 6.92 Å². The Balaban J connectivity index is 2.70. The van der Waals surface area contributed by atoms with Gasteiger partial charge in [-0.25, -0.2) is 0 Å². The maximum Gasteiger partial charge on any atom is 0.0656 e. The summed E-state index contributed by atoms with van der Waals surface area (Å²) in [5, 5.41) is 8.23. The van der Waals surface area contributed by atoms with Gasteiger partial charge in [0.05, 0.1) is 11.7 Å². The van der Waals surface area contributed by atoms with Gasteiger partial charge in [0.2, 0.25) is 0 Å². The molecule has 15 heavy (non-hydrogen) atoms. The number of aromatic amines is 1. The van der Waals surface area contributed by atoms with Crippen LogP contribution in [-0.2, 0) is 0 Å². The predicted octanol–water partition coefficient (Wildman–Crippen LogP) is 3.68. The second-order valence-electron chi connectivity index (χ2n) is 4.25. The number of hydrogen-bond donors (Lipinski definition) is 1. The Kier molecular flexibility index (Phi) is 2.35. The lowest BCUT2D eigenvalue weighted by Gasteiger charge is -2.08. The van der Waals surface area contributed by atoms with Crippen LogP contribution in [0.3, 0.4) is 0 Å². The first kappa shape index (κ1) is 9.97.